The summed E-state index contributed by atoms with van der Waals surface area (Å²) in [6.07, 6.45) is 0. The molecule has 0 saturated carbocycles. The minimum atomic E-state index is -0.0782. The van der Waals surface area contributed by atoms with E-state index in [0.717, 1.165) is 0 Å². The smallest absolute Gasteiger partial charge is 0.238 e. The number of hydrogen-bond donors (Lipinski definition) is 2. The second-order valence-electron chi connectivity index (χ2n) is 4.60. The van der Waals surface area contributed by atoms with Gasteiger partial charge in [-0.2, -0.15) is 0 Å². The normalized spacial score (nSPS) is 11.9. The fourth-order valence-electron chi connectivity index (χ4n) is 1.93. The monoisotopic (exact) mass is 304 g/mol. The van der Waals surface area contributed by atoms with Crippen LogP contribution < -0.4 is 15.4 Å². The summed E-state index contributed by atoms with van der Waals surface area (Å²) >= 11 is 1.68. The second kappa shape index (κ2) is 7.81. The van der Waals surface area contributed by atoms with Gasteiger partial charge in [0.05, 0.1) is 18.8 Å². The van der Waals surface area contributed by atoms with E-state index < -0.39 is 0 Å². The quantitative estimate of drug-likeness (QED) is 0.824. The first-order chi connectivity index (χ1) is 10.2. The molecular weight excluding hydrogens is 284 g/mol. The topological polar surface area (TPSA) is 50.4 Å². The third kappa shape index (κ3) is 4.58. The molecule has 0 unspecified atom stereocenters. The van der Waals surface area contributed by atoms with Crippen molar-refractivity contribution >= 4 is 22.9 Å². The van der Waals surface area contributed by atoms with Crippen LogP contribution in [0.1, 0.15) is 24.8 Å². The van der Waals surface area contributed by atoms with Crippen LogP contribution in [0.2, 0.25) is 0 Å². The zero-order valence-corrected chi connectivity index (χ0v) is 13.1. The maximum atomic E-state index is 12.0. The van der Waals surface area contributed by atoms with Crippen molar-refractivity contribution in [2.75, 3.05) is 18.5 Å². The average molecular weight is 304 g/mol. The lowest BCUT2D eigenvalue weighted by Crippen LogP contribution is -2.29. The number of carbonyl (C=O) groups excluding carboxylic acids is 1. The number of para-hydroxylation sites is 2. The number of thiophene rings is 1. The molecule has 1 heterocycles. The van der Waals surface area contributed by atoms with Crippen LogP contribution in [-0.2, 0) is 4.79 Å². The standard InChI is InChI=1S/C16H20N2O2S/c1-3-20-14-8-5-4-7-13(14)18-16(19)11-17-12(2)15-9-6-10-21-15/h4-10,12,17H,3,11H2,1-2H3,(H,18,19)/t12-/m1/s1. The van der Waals surface area contributed by atoms with Crippen molar-refractivity contribution in [3.05, 3.63) is 46.7 Å². The maximum Gasteiger partial charge on any atom is 0.238 e. The summed E-state index contributed by atoms with van der Waals surface area (Å²) in [5.41, 5.74) is 0.704. The summed E-state index contributed by atoms with van der Waals surface area (Å²) in [6, 6.07) is 11.7. The lowest BCUT2D eigenvalue weighted by Gasteiger charge is -2.14. The van der Waals surface area contributed by atoms with E-state index in [4.69, 9.17) is 4.74 Å². The molecule has 2 rings (SSSR count). The van der Waals surface area contributed by atoms with Crippen molar-refractivity contribution in [2.45, 2.75) is 19.9 Å². The van der Waals surface area contributed by atoms with Gasteiger partial charge < -0.3 is 15.4 Å². The average Bonchev–Trinajstić information content (AvgIpc) is 3.01. The van der Waals surface area contributed by atoms with E-state index in [2.05, 4.69) is 16.7 Å². The van der Waals surface area contributed by atoms with E-state index in [1.807, 2.05) is 49.6 Å². The van der Waals surface area contributed by atoms with Crippen LogP contribution in [0.5, 0.6) is 5.75 Å². The summed E-state index contributed by atoms with van der Waals surface area (Å²) < 4.78 is 5.49. The molecule has 2 aromatic rings. The lowest BCUT2D eigenvalue weighted by atomic mass is 10.2. The summed E-state index contributed by atoms with van der Waals surface area (Å²) in [6.45, 7) is 4.80. The molecule has 5 heteroatoms. The Balaban J connectivity index is 1.87. The molecule has 0 saturated heterocycles. The van der Waals surface area contributed by atoms with Crippen molar-refractivity contribution in [3.63, 3.8) is 0 Å². The van der Waals surface area contributed by atoms with Crippen LogP contribution in [0.3, 0.4) is 0 Å². The third-order valence-corrected chi connectivity index (χ3v) is 4.05. The predicted octanol–water partition coefficient (Wildman–Crippen LogP) is 3.44. The van der Waals surface area contributed by atoms with Gasteiger partial charge in [-0.15, -0.1) is 11.3 Å². The molecule has 1 aromatic heterocycles. The SMILES string of the molecule is CCOc1ccccc1NC(=O)CN[C@H](C)c1cccs1. The number of nitrogens with one attached hydrogen (secondary N) is 2. The molecule has 1 atom stereocenters. The highest BCUT2D eigenvalue weighted by molar-refractivity contribution is 7.10. The lowest BCUT2D eigenvalue weighted by molar-refractivity contribution is -0.115. The number of rotatable bonds is 7. The molecule has 0 aliphatic rings. The third-order valence-electron chi connectivity index (χ3n) is 3.00. The molecule has 1 aromatic carbocycles. The molecule has 0 bridgehead atoms. The molecule has 21 heavy (non-hydrogen) atoms. The Morgan fingerprint density at radius 1 is 1.29 bits per heavy atom. The summed E-state index contributed by atoms with van der Waals surface area (Å²) in [5, 5.41) is 8.12. The number of benzene rings is 1. The molecule has 0 fully saturated rings. The Labute approximate surface area is 129 Å². The van der Waals surface area contributed by atoms with E-state index in [0.29, 0.717) is 18.0 Å². The van der Waals surface area contributed by atoms with Gasteiger partial charge in [-0.25, -0.2) is 0 Å². The van der Waals surface area contributed by atoms with E-state index >= 15 is 0 Å². The molecule has 2 N–H and O–H groups in total. The van der Waals surface area contributed by atoms with Crippen molar-refractivity contribution in [1.82, 2.24) is 5.32 Å². The van der Waals surface area contributed by atoms with Crippen LogP contribution in [0.25, 0.3) is 0 Å². The Morgan fingerprint density at radius 2 is 2.10 bits per heavy atom. The van der Waals surface area contributed by atoms with Crippen molar-refractivity contribution in [3.8, 4) is 5.75 Å². The largest absolute Gasteiger partial charge is 0.492 e. The van der Waals surface area contributed by atoms with Gasteiger partial charge in [-0.3, -0.25) is 4.79 Å². The van der Waals surface area contributed by atoms with E-state index in [-0.39, 0.29) is 18.5 Å². The van der Waals surface area contributed by atoms with Gasteiger partial charge in [0, 0.05) is 10.9 Å². The number of ether oxygens (including phenoxy) is 1. The van der Waals surface area contributed by atoms with E-state index in [1.54, 1.807) is 11.3 Å². The summed E-state index contributed by atoms with van der Waals surface area (Å²) in [5.74, 6) is 0.616. The van der Waals surface area contributed by atoms with Crippen molar-refractivity contribution in [1.29, 1.82) is 0 Å². The first-order valence-corrected chi connectivity index (χ1v) is 7.87. The molecule has 0 radical (unpaired) electrons. The van der Waals surface area contributed by atoms with Gasteiger partial charge in [0.2, 0.25) is 5.91 Å². The van der Waals surface area contributed by atoms with Crippen LogP contribution in [0, 0.1) is 0 Å². The van der Waals surface area contributed by atoms with E-state index in [9.17, 15) is 4.79 Å². The van der Waals surface area contributed by atoms with Crippen LogP contribution in [0.4, 0.5) is 5.69 Å². The van der Waals surface area contributed by atoms with Crippen LogP contribution in [-0.4, -0.2) is 19.1 Å². The maximum absolute atomic E-state index is 12.0. The molecule has 0 aliphatic heterocycles. The minimum Gasteiger partial charge on any atom is -0.492 e. The van der Waals surface area contributed by atoms with Gasteiger partial charge in [-0.05, 0) is 37.4 Å². The molecular formula is C16H20N2O2S. The van der Waals surface area contributed by atoms with Crippen LogP contribution in [0.15, 0.2) is 41.8 Å². The summed E-state index contributed by atoms with van der Waals surface area (Å²) in [4.78, 5) is 13.2. The Hall–Kier alpha value is -1.85. The highest BCUT2D eigenvalue weighted by atomic mass is 32.1. The molecule has 0 spiro atoms. The predicted molar refractivity (Wildman–Crippen MR) is 87.0 cm³/mol. The van der Waals surface area contributed by atoms with Crippen LogP contribution >= 0.6 is 11.3 Å². The first kappa shape index (κ1) is 15.5. The molecule has 1 amide bonds. The number of carbonyl (C=O) groups is 1. The van der Waals surface area contributed by atoms with Gasteiger partial charge >= 0.3 is 0 Å². The van der Waals surface area contributed by atoms with Gasteiger partial charge in [-0.1, -0.05) is 18.2 Å². The van der Waals surface area contributed by atoms with Crippen molar-refractivity contribution in [2.24, 2.45) is 0 Å². The molecule has 4 nitrogen and oxygen atoms in total. The second-order valence-corrected chi connectivity index (χ2v) is 5.57. The van der Waals surface area contributed by atoms with Gasteiger partial charge in [0.15, 0.2) is 0 Å². The fraction of sp³-hybridized carbons (Fsp3) is 0.312. The van der Waals surface area contributed by atoms with Crippen molar-refractivity contribution < 1.29 is 9.53 Å². The number of anilines is 1. The molecule has 0 aliphatic carbocycles. The number of hydrogen-bond acceptors (Lipinski definition) is 4. The fourth-order valence-corrected chi connectivity index (χ4v) is 2.69. The molecule has 112 valence electrons. The Bertz CT molecular complexity index is 569. The van der Waals surface area contributed by atoms with E-state index in [1.165, 1.54) is 4.88 Å². The zero-order valence-electron chi connectivity index (χ0n) is 12.3. The van der Waals surface area contributed by atoms with Gasteiger partial charge in [0.1, 0.15) is 5.75 Å². The summed E-state index contributed by atoms with van der Waals surface area (Å²) in [7, 11) is 0. The zero-order chi connectivity index (χ0) is 15.1. The highest BCUT2D eigenvalue weighted by Gasteiger charge is 2.10. The Morgan fingerprint density at radius 3 is 2.81 bits per heavy atom. The first-order valence-electron chi connectivity index (χ1n) is 6.99. The highest BCUT2D eigenvalue weighted by Crippen LogP contribution is 2.23. The Kier molecular flexibility index (Phi) is 5.78. The minimum absolute atomic E-state index is 0.0782. The van der Waals surface area contributed by atoms with Gasteiger partial charge in [0.25, 0.3) is 0 Å². The number of amides is 1.